The second-order valence-electron chi connectivity index (χ2n) is 12.6. The molecular formula is C48H34N2. The summed E-state index contributed by atoms with van der Waals surface area (Å²) in [4.78, 5) is 2.36. The number of fused-ring (bicyclic) bond motifs is 3. The average molecular weight is 639 g/mol. The number of hydrogen-bond acceptors (Lipinski definition) is 1. The lowest BCUT2D eigenvalue weighted by atomic mass is 9.98. The molecular weight excluding hydrogens is 605 g/mol. The molecule has 2 nitrogen and oxygen atoms in total. The molecule has 0 amide bonds. The number of para-hydroxylation sites is 2. The molecule has 0 fully saturated rings. The maximum atomic E-state index is 2.39. The van der Waals surface area contributed by atoms with Gasteiger partial charge in [0.15, 0.2) is 0 Å². The van der Waals surface area contributed by atoms with Crippen LogP contribution in [0.2, 0.25) is 0 Å². The Morgan fingerprint density at radius 3 is 1.52 bits per heavy atom. The summed E-state index contributed by atoms with van der Waals surface area (Å²) in [5.41, 5.74) is 14.1. The van der Waals surface area contributed by atoms with E-state index in [-0.39, 0.29) is 0 Å². The molecule has 8 aromatic carbocycles. The molecule has 0 bridgehead atoms. The van der Waals surface area contributed by atoms with Crippen LogP contribution in [-0.4, -0.2) is 4.57 Å². The molecule has 0 radical (unpaired) electrons. The maximum absolute atomic E-state index is 2.39. The highest BCUT2D eigenvalue weighted by Crippen LogP contribution is 2.43. The van der Waals surface area contributed by atoms with Gasteiger partial charge in [-0.3, -0.25) is 0 Å². The summed E-state index contributed by atoms with van der Waals surface area (Å²) < 4.78 is 2.39. The highest BCUT2D eigenvalue weighted by molar-refractivity contribution is 6.16. The third-order valence-electron chi connectivity index (χ3n) is 9.57. The fourth-order valence-corrected chi connectivity index (χ4v) is 7.25. The van der Waals surface area contributed by atoms with Gasteiger partial charge in [-0.1, -0.05) is 140 Å². The summed E-state index contributed by atoms with van der Waals surface area (Å²) in [6, 6.07) is 74.0. The van der Waals surface area contributed by atoms with Gasteiger partial charge in [-0.25, -0.2) is 0 Å². The standard InChI is InChI=1S/C48H34N2/c1-5-15-35(16-6-1)38-19-13-20-39(33-38)36-27-29-42(30-28-36)49(40-21-9-3-10-22-40)43-31-32-46-45(34-43)48-44(37-17-7-2-8-18-37)25-14-26-47(48)50(46)41-23-11-4-12-24-41/h1-34H. The largest absolute Gasteiger partial charge is 0.310 e. The number of anilines is 3. The lowest BCUT2D eigenvalue weighted by Crippen LogP contribution is -2.09. The minimum absolute atomic E-state index is 1.11. The van der Waals surface area contributed by atoms with Crippen LogP contribution in [0.3, 0.4) is 0 Å². The van der Waals surface area contributed by atoms with Crippen molar-refractivity contribution in [2.24, 2.45) is 0 Å². The molecule has 0 unspecified atom stereocenters. The molecule has 1 heterocycles. The predicted molar refractivity (Wildman–Crippen MR) is 212 cm³/mol. The molecule has 0 spiro atoms. The van der Waals surface area contributed by atoms with Gasteiger partial charge in [0.25, 0.3) is 0 Å². The summed E-state index contributed by atoms with van der Waals surface area (Å²) in [6.45, 7) is 0. The third kappa shape index (κ3) is 5.34. The average Bonchev–Trinajstić information content (AvgIpc) is 3.54. The van der Waals surface area contributed by atoms with Crippen molar-refractivity contribution in [2.75, 3.05) is 4.90 Å². The zero-order chi connectivity index (χ0) is 33.3. The quantitative estimate of drug-likeness (QED) is 0.169. The van der Waals surface area contributed by atoms with Crippen LogP contribution in [-0.2, 0) is 0 Å². The van der Waals surface area contributed by atoms with Gasteiger partial charge >= 0.3 is 0 Å². The van der Waals surface area contributed by atoms with Crippen LogP contribution < -0.4 is 4.90 Å². The second kappa shape index (κ2) is 12.8. The summed E-state index contributed by atoms with van der Waals surface area (Å²) >= 11 is 0. The number of aromatic nitrogens is 1. The number of nitrogens with zero attached hydrogens (tertiary/aromatic N) is 2. The van der Waals surface area contributed by atoms with Gasteiger partial charge in [0.05, 0.1) is 11.0 Å². The Labute approximate surface area is 292 Å². The minimum Gasteiger partial charge on any atom is -0.310 e. The molecule has 50 heavy (non-hydrogen) atoms. The summed E-state index contributed by atoms with van der Waals surface area (Å²) in [7, 11) is 0. The van der Waals surface area contributed by atoms with Crippen LogP contribution in [0.1, 0.15) is 0 Å². The zero-order valence-corrected chi connectivity index (χ0v) is 27.5. The lowest BCUT2D eigenvalue weighted by molar-refractivity contribution is 1.18. The van der Waals surface area contributed by atoms with E-state index in [0.29, 0.717) is 0 Å². The molecule has 0 aliphatic carbocycles. The fourth-order valence-electron chi connectivity index (χ4n) is 7.25. The lowest BCUT2D eigenvalue weighted by Gasteiger charge is -2.26. The Kier molecular flexibility index (Phi) is 7.53. The Balaban J connectivity index is 1.21. The topological polar surface area (TPSA) is 8.17 Å². The zero-order valence-electron chi connectivity index (χ0n) is 27.5. The van der Waals surface area contributed by atoms with Crippen LogP contribution in [0.5, 0.6) is 0 Å². The Morgan fingerprint density at radius 1 is 0.320 bits per heavy atom. The molecule has 0 N–H and O–H groups in total. The van der Waals surface area contributed by atoms with Crippen LogP contribution in [0.4, 0.5) is 17.1 Å². The molecule has 0 aliphatic rings. The maximum Gasteiger partial charge on any atom is 0.0547 e. The van der Waals surface area contributed by atoms with Crippen molar-refractivity contribution in [1.82, 2.24) is 4.57 Å². The van der Waals surface area contributed by atoms with Crippen molar-refractivity contribution < 1.29 is 0 Å². The molecule has 0 saturated heterocycles. The van der Waals surface area contributed by atoms with Crippen LogP contribution >= 0.6 is 0 Å². The Hall–Kier alpha value is -6.64. The van der Waals surface area contributed by atoms with E-state index in [1.54, 1.807) is 0 Å². The van der Waals surface area contributed by atoms with Gasteiger partial charge in [-0.2, -0.15) is 0 Å². The normalized spacial score (nSPS) is 11.2. The first-order valence-electron chi connectivity index (χ1n) is 17.1. The number of benzene rings is 8. The van der Waals surface area contributed by atoms with Crippen molar-refractivity contribution in [3.8, 4) is 39.1 Å². The highest BCUT2D eigenvalue weighted by atomic mass is 15.1. The van der Waals surface area contributed by atoms with E-state index >= 15 is 0 Å². The van der Waals surface area contributed by atoms with Crippen LogP contribution in [0.15, 0.2) is 206 Å². The first-order valence-corrected chi connectivity index (χ1v) is 17.1. The molecule has 236 valence electrons. The smallest absolute Gasteiger partial charge is 0.0547 e. The monoisotopic (exact) mass is 638 g/mol. The Bertz CT molecular complexity index is 2550. The molecule has 0 saturated carbocycles. The number of hydrogen-bond donors (Lipinski definition) is 0. The summed E-state index contributed by atoms with van der Waals surface area (Å²) in [6.07, 6.45) is 0. The van der Waals surface area contributed by atoms with Gasteiger partial charge in [0.2, 0.25) is 0 Å². The van der Waals surface area contributed by atoms with E-state index in [4.69, 9.17) is 0 Å². The first-order chi connectivity index (χ1) is 24.8. The predicted octanol–water partition coefficient (Wildman–Crippen LogP) is 13.3. The van der Waals surface area contributed by atoms with Crippen LogP contribution in [0, 0.1) is 0 Å². The van der Waals surface area contributed by atoms with Crippen molar-refractivity contribution in [1.29, 1.82) is 0 Å². The van der Waals surface area contributed by atoms with E-state index in [9.17, 15) is 0 Å². The van der Waals surface area contributed by atoms with E-state index in [1.807, 2.05) is 0 Å². The second-order valence-corrected chi connectivity index (χ2v) is 12.6. The third-order valence-corrected chi connectivity index (χ3v) is 9.57. The molecule has 0 atom stereocenters. The fraction of sp³-hybridized carbons (Fsp3) is 0. The molecule has 2 heteroatoms. The van der Waals surface area contributed by atoms with E-state index < -0.39 is 0 Å². The van der Waals surface area contributed by atoms with Gasteiger partial charge in [0.1, 0.15) is 0 Å². The van der Waals surface area contributed by atoms with Gasteiger partial charge in [-0.15, -0.1) is 0 Å². The van der Waals surface area contributed by atoms with Crippen molar-refractivity contribution in [3.63, 3.8) is 0 Å². The molecule has 0 aliphatic heterocycles. The summed E-state index contributed by atoms with van der Waals surface area (Å²) in [5.74, 6) is 0. The minimum atomic E-state index is 1.11. The molecule has 9 rings (SSSR count). The highest BCUT2D eigenvalue weighted by Gasteiger charge is 2.19. The van der Waals surface area contributed by atoms with Gasteiger partial charge < -0.3 is 9.47 Å². The van der Waals surface area contributed by atoms with Crippen molar-refractivity contribution >= 4 is 38.9 Å². The van der Waals surface area contributed by atoms with Gasteiger partial charge in [-0.05, 0) is 100 Å². The molecule has 1 aromatic heterocycles. The molecule has 9 aromatic rings. The van der Waals surface area contributed by atoms with Crippen molar-refractivity contribution in [3.05, 3.63) is 206 Å². The Morgan fingerprint density at radius 2 is 0.840 bits per heavy atom. The SMILES string of the molecule is c1ccc(-c2cccc(-c3ccc(N(c4ccccc4)c4ccc5c(c4)c4c(-c6ccccc6)cccc4n5-c4ccccc4)cc3)c2)cc1. The van der Waals surface area contributed by atoms with E-state index in [2.05, 4.69) is 216 Å². The first kappa shape index (κ1) is 29.5. The van der Waals surface area contributed by atoms with E-state index in [0.717, 1.165) is 22.7 Å². The number of rotatable bonds is 7. The van der Waals surface area contributed by atoms with Gasteiger partial charge in [0, 0.05) is 33.5 Å². The van der Waals surface area contributed by atoms with Crippen LogP contribution in [0.25, 0.3) is 60.9 Å². The summed E-state index contributed by atoms with van der Waals surface area (Å²) in [5, 5.41) is 2.47. The van der Waals surface area contributed by atoms with Crippen molar-refractivity contribution in [2.45, 2.75) is 0 Å². The van der Waals surface area contributed by atoms with E-state index in [1.165, 1.54) is 55.2 Å².